The SMILES string of the molecule is CC1(C)CCCC(C)(C)C1.CC1(C)CCCCC1.CC1CCC(C(C)C)CC1.CC1CCCC(C)(C)C1.CC1CCCC(C)C1.CC1CCCCC1. The monoisotopic (exact) mass is 729 g/mol. The van der Waals surface area contributed by atoms with E-state index in [9.17, 15) is 0 Å². The molecule has 3 atom stereocenters. The lowest BCUT2D eigenvalue weighted by Gasteiger charge is -2.40. The van der Waals surface area contributed by atoms with E-state index in [0.29, 0.717) is 21.7 Å². The van der Waals surface area contributed by atoms with E-state index >= 15 is 0 Å². The topological polar surface area (TPSA) is 0 Å². The van der Waals surface area contributed by atoms with Gasteiger partial charge in [0, 0.05) is 0 Å². The van der Waals surface area contributed by atoms with Crippen molar-refractivity contribution in [1.29, 1.82) is 0 Å². The molecule has 0 aliphatic heterocycles. The number of rotatable bonds is 1. The van der Waals surface area contributed by atoms with Gasteiger partial charge in [0.15, 0.2) is 0 Å². The lowest BCUT2D eigenvalue weighted by atomic mass is 9.65. The Morgan fingerprint density at radius 1 is 0.346 bits per heavy atom. The highest BCUT2D eigenvalue weighted by atomic mass is 14.4. The van der Waals surface area contributed by atoms with Crippen molar-refractivity contribution >= 4 is 0 Å². The fourth-order valence-corrected chi connectivity index (χ4v) is 11.1. The van der Waals surface area contributed by atoms with Gasteiger partial charge >= 0.3 is 0 Å². The van der Waals surface area contributed by atoms with Crippen LogP contribution in [-0.4, -0.2) is 0 Å². The molecule has 0 nitrogen and oxygen atoms in total. The van der Waals surface area contributed by atoms with Gasteiger partial charge < -0.3 is 0 Å². The molecular weight excluding hydrogens is 625 g/mol. The van der Waals surface area contributed by atoms with Crippen LogP contribution < -0.4 is 0 Å². The minimum absolute atomic E-state index is 0.613. The van der Waals surface area contributed by atoms with Crippen molar-refractivity contribution in [3.05, 3.63) is 0 Å². The Bertz CT molecular complexity index is 811. The molecule has 312 valence electrons. The van der Waals surface area contributed by atoms with Crippen molar-refractivity contribution in [2.75, 3.05) is 0 Å². The average molecular weight is 729 g/mol. The molecule has 0 aromatic carbocycles. The Balaban J connectivity index is 0.000000313. The number of hydrogen-bond donors (Lipinski definition) is 0. The largest absolute Gasteiger partial charge is 0.0625 e. The van der Waals surface area contributed by atoms with Gasteiger partial charge in [-0.2, -0.15) is 0 Å². The molecule has 6 aliphatic rings. The van der Waals surface area contributed by atoms with Gasteiger partial charge in [-0.15, -0.1) is 0 Å². The van der Waals surface area contributed by atoms with Crippen LogP contribution in [0.3, 0.4) is 0 Å². The van der Waals surface area contributed by atoms with Crippen LogP contribution in [0.25, 0.3) is 0 Å². The summed E-state index contributed by atoms with van der Waals surface area (Å²) in [5.74, 6) is 7.01. The predicted molar refractivity (Wildman–Crippen MR) is 239 cm³/mol. The second kappa shape index (κ2) is 25.3. The zero-order chi connectivity index (χ0) is 39.4. The molecule has 0 N–H and O–H groups in total. The van der Waals surface area contributed by atoms with Crippen molar-refractivity contribution in [3.63, 3.8) is 0 Å². The molecule has 0 radical (unpaired) electrons. The Morgan fingerprint density at radius 3 is 1.04 bits per heavy atom. The smallest absolute Gasteiger partial charge is 0.0349 e. The van der Waals surface area contributed by atoms with Crippen LogP contribution in [-0.2, 0) is 0 Å². The van der Waals surface area contributed by atoms with Gasteiger partial charge in [0.2, 0.25) is 0 Å². The van der Waals surface area contributed by atoms with Crippen LogP contribution in [0.15, 0.2) is 0 Å². The molecule has 0 bridgehead atoms. The molecule has 0 heterocycles. The molecular formula is C52H104. The zero-order valence-electron chi connectivity index (χ0n) is 39.4. The third-order valence-electron chi connectivity index (χ3n) is 14.4. The summed E-state index contributed by atoms with van der Waals surface area (Å²) < 4.78 is 0. The van der Waals surface area contributed by atoms with Crippen LogP contribution in [0, 0.1) is 63.1 Å². The van der Waals surface area contributed by atoms with Crippen molar-refractivity contribution < 1.29 is 0 Å². The molecule has 6 aliphatic carbocycles. The maximum atomic E-state index is 2.40. The molecule has 52 heavy (non-hydrogen) atoms. The molecule has 0 heteroatoms. The summed E-state index contributed by atoms with van der Waals surface area (Å²) in [5.41, 5.74) is 2.55. The quantitative estimate of drug-likeness (QED) is 0.252. The van der Waals surface area contributed by atoms with E-state index in [-0.39, 0.29) is 0 Å². The van der Waals surface area contributed by atoms with Crippen LogP contribution in [0.4, 0.5) is 0 Å². The van der Waals surface area contributed by atoms with Gasteiger partial charge in [0.05, 0.1) is 0 Å². The van der Waals surface area contributed by atoms with Crippen LogP contribution in [0.1, 0.15) is 271 Å². The van der Waals surface area contributed by atoms with Gasteiger partial charge in [0.25, 0.3) is 0 Å². The molecule has 6 rings (SSSR count). The summed E-state index contributed by atoms with van der Waals surface area (Å²) in [6.07, 6.45) is 38.0. The third-order valence-corrected chi connectivity index (χ3v) is 14.4. The third kappa shape index (κ3) is 26.0. The average Bonchev–Trinajstić information content (AvgIpc) is 3.01. The van der Waals surface area contributed by atoms with Crippen molar-refractivity contribution in [3.8, 4) is 0 Å². The van der Waals surface area contributed by atoms with Gasteiger partial charge in [-0.05, 0) is 127 Å². The Hall–Kier alpha value is 0. The summed E-state index contributed by atoms with van der Waals surface area (Å²) in [5, 5.41) is 0. The second-order valence-electron chi connectivity index (χ2n) is 23.8. The van der Waals surface area contributed by atoms with Gasteiger partial charge in [0.1, 0.15) is 0 Å². The summed E-state index contributed by atoms with van der Waals surface area (Å²) in [6, 6.07) is 0. The first-order valence-electron chi connectivity index (χ1n) is 24.1. The maximum absolute atomic E-state index is 2.40. The second-order valence-corrected chi connectivity index (χ2v) is 23.8. The van der Waals surface area contributed by atoms with E-state index in [2.05, 4.69) is 104 Å². The predicted octanol–water partition coefficient (Wildman–Crippen LogP) is 18.7. The minimum Gasteiger partial charge on any atom is -0.0625 e. The Labute approximate surface area is 332 Å². The van der Waals surface area contributed by atoms with Crippen molar-refractivity contribution in [2.45, 2.75) is 271 Å². The van der Waals surface area contributed by atoms with Crippen molar-refractivity contribution in [2.24, 2.45) is 63.1 Å². The molecule has 0 amide bonds. The van der Waals surface area contributed by atoms with E-state index in [1.54, 1.807) is 0 Å². The summed E-state index contributed by atoms with van der Waals surface area (Å²) in [4.78, 5) is 0. The van der Waals surface area contributed by atoms with Crippen LogP contribution >= 0.6 is 0 Å². The number of hydrogen-bond acceptors (Lipinski definition) is 0. The molecule has 3 unspecified atom stereocenters. The molecule has 0 aromatic rings. The van der Waals surface area contributed by atoms with E-state index in [4.69, 9.17) is 0 Å². The molecule has 0 spiro atoms. The highest BCUT2D eigenvalue weighted by Crippen LogP contribution is 2.45. The fraction of sp³-hybridized carbons (Fsp3) is 1.00. The van der Waals surface area contributed by atoms with E-state index in [1.807, 2.05) is 0 Å². The van der Waals surface area contributed by atoms with Crippen LogP contribution in [0.5, 0.6) is 0 Å². The highest BCUT2D eigenvalue weighted by Gasteiger charge is 2.32. The standard InChI is InChI=1S/2C10H20.C9H18.2C8H16.C7H14/c1-9(2)6-5-7-10(3,4)8-9;1-8(2)10-6-4-9(3)5-7-10;1-8-5-4-6-9(2,3)7-8;1-7-4-3-5-8(2)6-7;1-8(2)6-4-3-5-7-8;1-7-5-3-2-4-6-7/h5-8H2,1-4H3;8-10H,4-7H2,1-3H3;8H,4-7H2,1-3H3;7-8H,3-6H2,1-2H3;3-7H2,1-2H3;7H,2-6H2,1H3. The maximum Gasteiger partial charge on any atom is -0.0349 e. The molecule has 0 aromatic heterocycles. The zero-order valence-corrected chi connectivity index (χ0v) is 39.4. The highest BCUT2D eigenvalue weighted by molar-refractivity contribution is 4.84. The summed E-state index contributed by atoms with van der Waals surface area (Å²) in [7, 11) is 0. The fourth-order valence-electron chi connectivity index (χ4n) is 11.1. The van der Waals surface area contributed by atoms with E-state index in [1.165, 1.54) is 167 Å². The molecule has 0 saturated heterocycles. The van der Waals surface area contributed by atoms with Gasteiger partial charge in [-0.3, -0.25) is 0 Å². The summed E-state index contributed by atoms with van der Waals surface area (Å²) >= 11 is 0. The lowest BCUT2D eigenvalue weighted by Crippen LogP contribution is -2.28. The van der Waals surface area contributed by atoms with Gasteiger partial charge in [-0.25, -0.2) is 0 Å². The van der Waals surface area contributed by atoms with E-state index < -0.39 is 0 Å². The Morgan fingerprint density at radius 2 is 0.750 bits per heavy atom. The lowest BCUT2D eigenvalue weighted by molar-refractivity contribution is 0.116. The first-order valence-corrected chi connectivity index (χ1v) is 24.1. The van der Waals surface area contributed by atoms with Crippen molar-refractivity contribution in [1.82, 2.24) is 0 Å². The Kier molecular flexibility index (Phi) is 24.3. The molecule has 6 saturated carbocycles. The minimum atomic E-state index is 0.613. The first kappa shape index (κ1) is 50.0. The molecule has 6 fully saturated rings. The normalized spacial score (nSPS) is 32.2. The first-order chi connectivity index (χ1) is 24.1. The summed E-state index contributed by atoms with van der Waals surface area (Å²) in [6.45, 7) is 35.7. The van der Waals surface area contributed by atoms with E-state index in [0.717, 1.165) is 41.4 Å². The van der Waals surface area contributed by atoms with Crippen LogP contribution in [0.2, 0.25) is 0 Å². The van der Waals surface area contributed by atoms with Gasteiger partial charge in [-0.1, -0.05) is 207 Å².